The molecule has 9 heteroatoms. The fourth-order valence-electron chi connectivity index (χ4n) is 2.84. The molecule has 0 aromatic carbocycles. The Balaban J connectivity index is 1.56. The lowest BCUT2D eigenvalue weighted by Gasteiger charge is -2.31. The number of imidazole rings is 1. The molecule has 1 atom stereocenters. The predicted molar refractivity (Wildman–Crippen MR) is 88.1 cm³/mol. The van der Waals surface area contributed by atoms with Crippen LogP contribution in [0.3, 0.4) is 0 Å². The van der Waals surface area contributed by atoms with Crippen LogP contribution in [0.25, 0.3) is 5.65 Å². The van der Waals surface area contributed by atoms with E-state index in [0.29, 0.717) is 36.9 Å². The Hall–Kier alpha value is -2.81. The first-order valence-electron chi connectivity index (χ1n) is 8.24. The van der Waals surface area contributed by atoms with Crippen LogP contribution in [-0.2, 0) is 4.74 Å². The standard InChI is InChI=1S/C16H19N7O2/c1-10(2)13-19-14(21-20-13)11-9-23(7-8-25-11)16(24)12-15-18-4-6-22(15)5-3-17-12/h3-6,10-11H,7-9H2,1-2H3,(H,19,20,21). The van der Waals surface area contributed by atoms with E-state index in [4.69, 9.17) is 4.74 Å². The molecule has 0 aliphatic carbocycles. The number of aromatic nitrogens is 6. The first-order valence-corrected chi connectivity index (χ1v) is 8.24. The van der Waals surface area contributed by atoms with E-state index in [2.05, 4.69) is 25.1 Å². The van der Waals surface area contributed by atoms with Crippen LogP contribution in [0.5, 0.6) is 0 Å². The molecule has 1 aliphatic heterocycles. The van der Waals surface area contributed by atoms with E-state index in [1.54, 1.807) is 34.1 Å². The van der Waals surface area contributed by atoms with Crippen molar-refractivity contribution >= 4 is 11.6 Å². The van der Waals surface area contributed by atoms with Crippen molar-refractivity contribution in [3.63, 3.8) is 0 Å². The van der Waals surface area contributed by atoms with Gasteiger partial charge in [-0.2, -0.15) is 5.10 Å². The highest BCUT2D eigenvalue weighted by Crippen LogP contribution is 2.22. The summed E-state index contributed by atoms with van der Waals surface area (Å²) in [6.07, 6.45) is 6.49. The summed E-state index contributed by atoms with van der Waals surface area (Å²) in [7, 11) is 0. The molecule has 25 heavy (non-hydrogen) atoms. The second-order valence-corrected chi connectivity index (χ2v) is 6.28. The Morgan fingerprint density at radius 1 is 1.32 bits per heavy atom. The van der Waals surface area contributed by atoms with Crippen molar-refractivity contribution in [1.82, 2.24) is 34.4 Å². The normalized spacial score (nSPS) is 18.2. The minimum absolute atomic E-state index is 0.159. The number of aromatic amines is 1. The van der Waals surface area contributed by atoms with Gasteiger partial charge in [-0.1, -0.05) is 13.8 Å². The van der Waals surface area contributed by atoms with Crippen molar-refractivity contribution in [1.29, 1.82) is 0 Å². The van der Waals surface area contributed by atoms with Crippen LogP contribution in [0, 0.1) is 0 Å². The van der Waals surface area contributed by atoms with Crippen molar-refractivity contribution in [2.24, 2.45) is 0 Å². The zero-order valence-electron chi connectivity index (χ0n) is 14.1. The molecule has 0 radical (unpaired) electrons. The minimum Gasteiger partial charge on any atom is -0.367 e. The van der Waals surface area contributed by atoms with E-state index in [0.717, 1.165) is 5.82 Å². The van der Waals surface area contributed by atoms with Gasteiger partial charge >= 0.3 is 0 Å². The molecule has 9 nitrogen and oxygen atoms in total. The lowest BCUT2D eigenvalue weighted by molar-refractivity contribution is -0.0268. The Bertz CT molecular complexity index is 901. The summed E-state index contributed by atoms with van der Waals surface area (Å²) in [5.41, 5.74) is 0.894. The Morgan fingerprint density at radius 2 is 2.12 bits per heavy atom. The van der Waals surface area contributed by atoms with Gasteiger partial charge in [0.25, 0.3) is 5.91 Å². The van der Waals surface area contributed by atoms with Crippen LogP contribution in [-0.4, -0.2) is 60.1 Å². The number of nitrogens with one attached hydrogen (secondary N) is 1. The molecular formula is C16H19N7O2. The van der Waals surface area contributed by atoms with E-state index >= 15 is 0 Å². The summed E-state index contributed by atoms with van der Waals surface area (Å²) in [5.74, 6) is 1.46. The van der Waals surface area contributed by atoms with E-state index in [-0.39, 0.29) is 17.9 Å². The third-order valence-electron chi connectivity index (χ3n) is 4.21. The van der Waals surface area contributed by atoms with Crippen LogP contribution in [0.15, 0.2) is 24.8 Å². The number of nitrogens with zero attached hydrogens (tertiary/aromatic N) is 6. The van der Waals surface area contributed by atoms with Gasteiger partial charge in [0.05, 0.1) is 13.2 Å². The lowest BCUT2D eigenvalue weighted by atomic mass is 10.2. The Labute approximate surface area is 144 Å². The fourth-order valence-corrected chi connectivity index (χ4v) is 2.84. The number of carbonyl (C=O) groups excluding carboxylic acids is 1. The molecule has 1 amide bonds. The van der Waals surface area contributed by atoms with Gasteiger partial charge in [0.15, 0.2) is 23.0 Å². The molecule has 3 aromatic heterocycles. The number of hydrogen-bond acceptors (Lipinski definition) is 6. The summed E-state index contributed by atoms with van der Waals surface area (Å²) < 4.78 is 7.56. The zero-order valence-corrected chi connectivity index (χ0v) is 14.1. The Kier molecular flexibility index (Phi) is 3.92. The number of carbonyl (C=O) groups is 1. The summed E-state index contributed by atoms with van der Waals surface area (Å²) in [5, 5.41) is 7.13. The van der Waals surface area contributed by atoms with Crippen LogP contribution in [0.4, 0.5) is 0 Å². The van der Waals surface area contributed by atoms with Gasteiger partial charge in [-0.25, -0.2) is 15.0 Å². The van der Waals surface area contributed by atoms with Gasteiger partial charge in [0.1, 0.15) is 6.10 Å². The van der Waals surface area contributed by atoms with E-state index in [9.17, 15) is 4.79 Å². The quantitative estimate of drug-likeness (QED) is 0.768. The van der Waals surface area contributed by atoms with Crippen LogP contribution in [0.1, 0.15) is 48.0 Å². The SMILES string of the molecule is CC(C)c1n[nH]c(C2CN(C(=O)c3nccn4ccnc34)CCO2)n1. The molecule has 0 bridgehead atoms. The van der Waals surface area contributed by atoms with Crippen molar-refractivity contribution < 1.29 is 9.53 Å². The average Bonchev–Trinajstić information content (AvgIpc) is 3.30. The van der Waals surface area contributed by atoms with Gasteiger partial charge in [-0.05, 0) is 0 Å². The predicted octanol–water partition coefficient (Wildman–Crippen LogP) is 1.18. The number of rotatable bonds is 3. The highest BCUT2D eigenvalue weighted by atomic mass is 16.5. The fraction of sp³-hybridized carbons (Fsp3) is 0.438. The van der Waals surface area contributed by atoms with E-state index in [1.165, 1.54) is 0 Å². The molecule has 3 aromatic rings. The molecule has 130 valence electrons. The molecule has 0 spiro atoms. The van der Waals surface area contributed by atoms with E-state index < -0.39 is 0 Å². The minimum atomic E-state index is -0.322. The molecule has 1 aliphatic rings. The van der Waals surface area contributed by atoms with Crippen molar-refractivity contribution in [2.75, 3.05) is 19.7 Å². The molecule has 4 heterocycles. The third-order valence-corrected chi connectivity index (χ3v) is 4.21. The topological polar surface area (TPSA) is 101 Å². The number of hydrogen-bond donors (Lipinski definition) is 1. The summed E-state index contributed by atoms with van der Waals surface area (Å²) in [6, 6.07) is 0. The number of ether oxygens (including phenoxy) is 1. The summed E-state index contributed by atoms with van der Waals surface area (Å²) in [4.78, 5) is 27.6. The van der Waals surface area contributed by atoms with Crippen LogP contribution < -0.4 is 0 Å². The molecule has 1 N–H and O–H groups in total. The maximum absolute atomic E-state index is 12.9. The van der Waals surface area contributed by atoms with Crippen LogP contribution >= 0.6 is 0 Å². The molecule has 1 saturated heterocycles. The Morgan fingerprint density at radius 3 is 2.88 bits per heavy atom. The second-order valence-electron chi connectivity index (χ2n) is 6.28. The molecular weight excluding hydrogens is 322 g/mol. The maximum Gasteiger partial charge on any atom is 0.276 e. The van der Waals surface area contributed by atoms with Gasteiger partial charge < -0.3 is 14.0 Å². The molecule has 1 unspecified atom stereocenters. The summed E-state index contributed by atoms with van der Waals surface area (Å²) in [6.45, 7) is 5.40. The van der Waals surface area contributed by atoms with Gasteiger partial charge in [0, 0.05) is 37.3 Å². The van der Waals surface area contributed by atoms with Crippen molar-refractivity contribution in [3.05, 3.63) is 42.1 Å². The van der Waals surface area contributed by atoms with Gasteiger partial charge in [0.2, 0.25) is 0 Å². The molecule has 4 rings (SSSR count). The number of morpholine rings is 1. The lowest BCUT2D eigenvalue weighted by Crippen LogP contribution is -2.43. The maximum atomic E-state index is 12.9. The number of fused-ring (bicyclic) bond motifs is 1. The van der Waals surface area contributed by atoms with Gasteiger partial charge in [-0.3, -0.25) is 9.89 Å². The smallest absolute Gasteiger partial charge is 0.276 e. The number of amides is 1. The van der Waals surface area contributed by atoms with E-state index in [1.807, 2.05) is 13.8 Å². The molecule has 0 saturated carbocycles. The monoisotopic (exact) mass is 341 g/mol. The molecule has 1 fully saturated rings. The summed E-state index contributed by atoms with van der Waals surface area (Å²) >= 11 is 0. The average molecular weight is 341 g/mol. The second kappa shape index (κ2) is 6.25. The van der Waals surface area contributed by atoms with Crippen molar-refractivity contribution in [2.45, 2.75) is 25.9 Å². The zero-order chi connectivity index (χ0) is 17.4. The van der Waals surface area contributed by atoms with Crippen LogP contribution in [0.2, 0.25) is 0 Å². The number of H-pyrrole nitrogens is 1. The first kappa shape index (κ1) is 15.7. The first-order chi connectivity index (χ1) is 12.1. The highest BCUT2D eigenvalue weighted by molar-refractivity contribution is 5.97. The van der Waals surface area contributed by atoms with Crippen molar-refractivity contribution in [3.8, 4) is 0 Å². The largest absolute Gasteiger partial charge is 0.367 e. The third kappa shape index (κ3) is 2.86. The highest BCUT2D eigenvalue weighted by Gasteiger charge is 2.30. The van der Waals surface area contributed by atoms with Gasteiger partial charge in [-0.15, -0.1) is 0 Å².